The zero-order valence-corrected chi connectivity index (χ0v) is 16.4. The van der Waals surface area contributed by atoms with Crippen molar-refractivity contribution >= 4 is 23.1 Å². The largest absolute Gasteiger partial charge is 0.492 e. The maximum Gasteiger partial charge on any atom is 0.249 e. The van der Waals surface area contributed by atoms with E-state index in [9.17, 15) is 0 Å². The maximum absolute atomic E-state index is 5.81. The summed E-state index contributed by atoms with van der Waals surface area (Å²) in [7, 11) is 0. The third-order valence-corrected chi connectivity index (χ3v) is 4.10. The molecule has 7 nitrogen and oxygen atoms in total. The minimum Gasteiger partial charge on any atom is -0.492 e. The van der Waals surface area contributed by atoms with Gasteiger partial charge in [0.15, 0.2) is 5.82 Å². The van der Waals surface area contributed by atoms with E-state index in [1.54, 1.807) is 6.20 Å². The molecule has 0 spiro atoms. The molecule has 1 heterocycles. The summed E-state index contributed by atoms with van der Waals surface area (Å²) >= 11 is 0. The van der Waals surface area contributed by atoms with Gasteiger partial charge < -0.3 is 20.1 Å². The summed E-state index contributed by atoms with van der Waals surface area (Å²) < 4.78 is 11.4. The van der Waals surface area contributed by atoms with Crippen molar-refractivity contribution in [3.8, 4) is 17.2 Å². The number of anilines is 4. The molecular formula is C23H21N5O2. The highest BCUT2D eigenvalue weighted by atomic mass is 16.5. The van der Waals surface area contributed by atoms with Crippen molar-refractivity contribution < 1.29 is 9.47 Å². The molecule has 3 aromatic carbocycles. The minimum absolute atomic E-state index is 0.380. The van der Waals surface area contributed by atoms with Crippen LogP contribution >= 0.6 is 0 Å². The molecular weight excluding hydrogens is 378 g/mol. The van der Waals surface area contributed by atoms with E-state index in [4.69, 9.17) is 9.47 Å². The van der Waals surface area contributed by atoms with Gasteiger partial charge in [0, 0.05) is 5.69 Å². The van der Waals surface area contributed by atoms with E-state index < -0.39 is 0 Å². The van der Waals surface area contributed by atoms with Crippen LogP contribution < -0.4 is 20.1 Å². The van der Waals surface area contributed by atoms with Crippen LogP contribution in [0.1, 0.15) is 6.92 Å². The highest BCUT2D eigenvalue weighted by molar-refractivity contribution is 5.64. The smallest absolute Gasteiger partial charge is 0.249 e. The van der Waals surface area contributed by atoms with Gasteiger partial charge in [0.2, 0.25) is 5.95 Å². The summed E-state index contributed by atoms with van der Waals surface area (Å²) in [5.74, 6) is 3.22. The Hall–Kier alpha value is -4.13. The third kappa shape index (κ3) is 5.02. The highest BCUT2D eigenvalue weighted by Crippen LogP contribution is 2.27. The van der Waals surface area contributed by atoms with Gasteiger partial charge in [0.05, 0.1) is 18.5 Å². The number of rotatable bonds is 8. The van der Waals surface area contributed by atoms with Gasteiger partial charge in [-0.25, -0.2) is 0 Å². The molecule has 4 rings (SSSR count). The second-order valence-electron chi connectivity index (χ2n) is 6.28. The van der Waals surface area contributed by atoms with E-state index in [0.717, 1.165) is 28.6 Å². The van der Waals surface area contributed by atoms with Gasteiger partial charge in [0.25, 0.3) is 0 Å². The lowest BCUT2D eigenvalue weighted by molar-refractivity contribution is 0.342. The lowest BCUT2D eigenvalue weighted by Gasteiger charge is -2.12. The van der Waals surface area contributed by atoms with E-state index in [1.165, 1.54) is 0 Å². The van der Waals surface area contributed by atoms with Crippen LogP contribution in [0.2, 0.25) is 0 Å². The van der Waals surface area contributed by atoms with E-state index in [2.05, 4.69) is 25.8 Å². The van der Waals surface area contributed by atoms with Crippen molar-refractivity contribution in [2.75, 3.05) is 17.2 Å². The number of para-hydroxylation sites is 3. The summed E-state index contributed by atoms with van der Waals surface area (Å²) in [6.07, 6.45) is 1.56. The molecule has 0 bridgehead atoms. The molecule has 7 heteroatoms. The van der Waals surface area contributed by atoms with Crippen LogP contribution in [-0.2, 0) is 0 Å². The monoisotopic (exact) mass is 399 g/mol. The second-order valence-corrected chi connectivity index (χ2v) is 6.28. The first-order valence-electron chi connectivity index (χ1n) is 9.59. The molecule has 0 amide bonds. The van der Waals surface area contributed by atoms with Crippen LogP contribution in [0, 0.1) is 0 Å². The van der Waals surface area contributed by atoms with Crippen LogP contribution in [0.25, 0.3) is 0 Å². The van der Waals surface area contributed by atoms with Gasteiger partial charge in [-0.3, -0.25) is 0 Å². The molecule has 30 heavy (non-hydrogen) atoms. The number of nitrogens with zero attached hydrogens (tertiary/aromatic N) is 3. The molecule has 4 aromatic rings. The van der Waals surface area contributed by atoms with E-state index in [0.29, 0.717) is 18.4 Å². The Labute approximate surface area is 174 Å². The fraction of sp³-hybridized carbons (Fsp3) is 0.0870. The first kappa shape index (κ1) is 19.2. The fourth-order valence-corrected chi connectivity index (χ4v) is 2.77. The molecule has 0 unspecified atom stereocenters. The molecule has 0 atom stereocenters. The lowest BCUT2D eigenvalue weighted by Crippen LogP contribution is -2.03. The molecule has 0 fully saturated rings. The predicted molar refractivity (Wildman–Crippen MR) is 117 cm³/mol. The SMILES string of the molecule is CCOc1ccccc1Nc1cnnc(Nc2ccc(Oc3ccccc3)cc2)n1. The Bertz CT molecular complexity index is 1090. The first-order chi connectivity index (χ1) is 14.8. The topological polar surface area (TPSA) is 81.2 Å². The number of hydrogen-bond donors (Lipinski definition) is 2. The van der Waals surface area contributed by atoms with Crippen LogP contribution in [0.5, 0.6) is 17.2 Å². The Balaban J connectivity index is 1.43. The van der Waals surface area contributed by atoms with Crippen molar-refractivity contribution in [3.63, 3.8) is 0 Å². The molecule has 2 N–H and O–H groups in total. The second kappa shape index (κ2) is 9.38. The molecule has 1 aromatic heterocycles. The molecule has 150 valence electrons. The summed E-state index contributed by atoms with van der Waals surface area (Å²) in [6, 6.07) is 24.9. The number of hydrogen-bond acceptors (Lipinski definition) is 7. The highest BCUT2D eigenvalue weighted by Gasteiger charge is 2.06. The van der Waals surface area contributed by atoms with E-state index in [1.807, 2.05) is 85.8 Å². The zero-order valence-electron chi connectivity index (χ0n) is 16.4. The standard InChI is InChI=1S/C23H21N5O2/c1-2-29-21-11-7-6-10-20(21)26-22-16-24-28-23(27-22)25-17-12-14-19(15-13-17)30-18-8-4-3-5-9-18/h3-16H,2H2,1H3,(H2,25,26,27,28). The van der Waals surface area contributed by atoms with Gasteiger partial charge in [-0.05, 0) is 55.5 Å². The van der Waals surface area contributed by atoms with Crippen LogP contribution in [0.4, 0.5) is 23.1 Å². The third-order valence-electron chi connectivity index (χ3n) is 4.10. The minimum atomic E-state index is 0.380. The lowest BCUT2D eigenvalue weighted by atomic mass is 10.3. The van der Waals surface area contributed by atoms with Crippen molar-refractivity contribution in [2.45, 2.75) is 6.92 Å². The molecule has 0 radical (unpaired) electrons. The first-order valence-corrected chi connectivity index (χ1v) is 9.59. The Morgan fingerprint density at radius 3 is 2.33 bits per heavy atom. The molecule has 0 saturated heterocycles. The fourth-order valence-electron chi connectivity index (χ4n) is 2.77. The van der Waals surface area contributed by atoms with E-state index >= 15 is 0 Å². The quantitative estimate of drug-likeness (QED) is 0.402. The van der Waals surface area contributed by atoms with Crippen LogP contribution in [-0.4, -0.2) is 21.8 Å². The van der Waals surface area contributed by atoms with Gasteiger partial charge in [0.1, 0.15) is 17.2 Å². The Kier molecular flexibility index (Phi) is 6.00. The molecule has 0 aliphatic carbocycles. The molecule has 0 aliphatic rings. The normalized spacial score (nSPS) is 10.3. The van der Waals surface area contributed by atoms with Crippen LogP contribution in [0.15, 0.2) is 85.1 Å². The Morgan fingerprint density at radius 1 is 0.800 bits per heavy atom. The molecule has 0 saturated carbocycles. The van der Waals surface area contributed by atoms with Crippen molar-refractivity contribution in [3.05, 3.63) is 85.1 Å². The number of benzene rings is 3. The summed E-state index contributed by atoms with van der Waals surface area (Å²) in [5.41, 5.74) is 1.64. The average molecular weight is 399 g/mol. The van der Waals surface area contributed by atoms with Crippen molar-refractivity contribution in [2.24, 2.45) is 0 Å². The number of nitrogens with one attached hydrogen (secondary N) is 2. The number of ether oxygens (including phenoxy) is 2. The summed E-state index contributed by atoms with van der Waals surface area (Å²) in [4.78, 5) is 4.47. The zero-order chi connectivity index (χ0) is 20.6. The van der Waals surface area contributed by atoms with Gasteiger partial charge in [-0.15, -0.1) is 5.10 Å². The van der Waals surface area contributed by atoms with Crippen LogP contribution in [0.3, 0.4) is 0 Å². The number of aromatic nitrogens is 3. The Morgan fingerprint density at radius 2 is 1.53 bits per heavy atom. The van der Waals surface area contributed by atoms with Crippen molar-refractivity contribution in [1.82, 2.24) is 15.2 Å². The van der Waals surface area contributed by atoms with Crippen molar-refractivity contribution in [1.29, 1.82) is 0 Å². The molecule has 0 aliphatic heterocycles. The maximum atomic E-state index is 5.81. The van der Waals surface area contributed by atoms with Gasteiger partial charge >= 0.3 is 0 Å². The summed E-state index contributed by atoms with van der Waals surface area (Å²) in [6.45, 7) is 2.53. The van der Waals surface area contributed by atoms with Gasteiger partial charge in [-0.1, -0.05) is 30.3 Å². The van der Waals surface area contributed by atoms with E-state index in [-0.39, 0.29) is 0 Å². The average Bonchev–Trinajstić information content (AvgIpc) is 2.78. The van der Waals surface area contributed by atoms with Gasteiger partial charge in [-0.2, -0.15) is 10.1 Å². The predicted octanol–water partition coefficient (Wildman–Crippen LogP) is 5.55. The summed E-state index contributed by atoms with van der Waals surface area (Å²) in [5, 5.41) is 14.4.